The van der Waals surface area contributed by atoms with E-state index >= 15 is 0 Å². The Hall–Kier alpha value is -0.900. The number of likely N-dealkylation sites (tertiary alicyclic amines) is 1. The SMILES string of the molecule is CCN[C@@H](CCO)C1CN(Cc2ccccc2)C1. The Balaban J connectivity index is 1.75. The van der Waals surface area contributed by atoms with Gasteiger partial charge in [-0.1, -0.05) is 37.3 Å². The van der Waals surface area contributed by atoms with Gasteiger partial charge in [0.2, 0.25) is 0 Å². The number of nitrogens with zero attached hydrogens (tertiary/aromatic N) is 1. The Kier molecular flexibility index (Phi) is 5.17. The third-order valence-corrected chi connectivity index (χ3v) is 3.71. The highest BCUT2D eigenvalue weighted by Gasteiger charge is 2.32. The van der Waals surface area contributed by atoms with Gasteiger partial charge in [-0.2, -0.15) is 0 Å². The van der Waals surface area contributed by atoms with Crippen molar-refractivity contribution in [3.05, 3.63) is 35.9 Å². The van der Waals surface area contributed by atoms with Crippen LogP contribution in [0.2, 0.25) is 0 Å². The molecule has 0 spiro atoms. The average Bonchev–Trinajstić information content (AvgIpc) is 2.34. The van der Waals surface area contributed by atoms with Crippen molar-refractivity contribution in [1.82, 2.24) is 10.2 Å². The Bertz CT molecular complexity index is 330. The van der Waals surface area contributed by atoms with E-state index in [1.165, 1.54) is 5.56 Å². The molecular weight excluding hydrogens is 224 g/mol. The zero-order valence-electron chi connectivity index (χ0n) is 11.2. The van der Waals surface area contributed by atoms with Crippen LogP contribution in [0, 0.1) is 5.92 Å². The quantitative estimate of drug-likeness (QED) is 0.767. The van der Waals surface area contributed by atoms with E-state index in [1.807, 2.05) is 0 Å². The first-order valence-electron chi connectivity index (χ1n) is 6.94. The predicted octanol–water partition coefficient (Wildman–Crippen LogP) is 1.48. The number of hydrogen-bond donors (Lipinski definition) is 2. The zero-order valence-corrected chi connectivity index (χ0v) is 11.2. The third-order valence-electron chi connectivity index (χ3n) is 3.71. The van der Waals surface area contributed by atoms with E-state index in [1.54, 1.807) is 0 Å². The minimum atomic E-state index is 0.285. The van der Waals surface area contributed by atoms with Crippen LogP contribution < -0.4 is 5.32 Å². The van der Waals surface area contributed by atoms with E-state index in [4.69, 9.17) is 5.11 Å². The molecule has 0 unspecified atom stereocenters. The summed E-state index contributed by atoms with van der Waals surface area (Å²) in [5.74, 6) is 0.695. The summed E-state index contributed by atoms with van der Waals surface area (Å²) in [5.41, 5.74) is 1.39. The zero-order chi connectivity index (χ0) is 12.8. The van der Waals surface area contributed by atoms with Crippen molar-refractivity contribution >= 4 is 0 Å². The lowest BCUT2D eigenvalue weighted by atomic mass is 9.89. The van der Waals surface area contributed by atoms with Crippen molar-refractivity contribution in [2.24, 2.45) is 5.92 Å². The van der Waals surface area contributed by atoms with Gasteiger partial charge in [0.1, 0.15) is 0 Å². The van der Waals surface area contributed by atoms with E-state index in [0.29, 0.717) is 12.0 Å². The smallest absolute Gasteiger partial charge is 0.0445 e. The molecule has 3 nitrogen and oxygen atoms in total. The van der Waals surface area contributed by atoms with E-state index < -0.39 is 0 Å². The largest absolute Gasteiger partial charge is 0.396 e. The lowest BCUT2D eigenvalue weighted by Gasteiger charge is -2.43. The summed E-state index contributed by atoms with van der Waals surface area (Å²) in [4.78, 5) is 2.47. The van der Waals surface area contributed by atoms with Crippen LogP contribution in [0.1, 0.15) is 18.9 Å². The molecule has 0 radical (unpaired) electrons. The van der Waals surface area contributed by atoms with Gasteiger partial charge in [-0.3, -0.25) is 4.90 Å². The molecule has 0 aliphatic carbocycles. The molecule has 1 fully saturated rings. The van der Waals surface area contributed by atoms with Crippen LogP contribution in [0.4, 0.5) is 0 Å². The van der Waals surface area contributed by atoms with Crippen LogP contribution in [-0.4, -0.2) is 42.3 Å². The monoisotopic (exact) mass is 248 g/mol. The Labute approximate surface area is 110 Å². The molecule has 1 aromatic rings. The summed E-state index contributed by atoms with van der Waals surface area (Å²) in [5, 5.41) is 12.6. The number of aliphatic hydroxyl groups excluding tert-OH is 1. The van der Waals surface area contributed by atoms with Crippen molar-refractivity contribution in [1.29, 1.82) is 0 Å². The number of hydrogen-bond acceptors (Lipinski definition) is 3. The lowest BCUT2D eigenvalue weighted by molar-refractivity contribution is 0.0567. The van der Waals surface area contributed by atoms with E-state index in [2.05, 4.69) is 47.5 Å². The highest BCUT2D eigenvalue weighted by atomic mass is 16.3. The number of benzene rings is 1. The van der Waals surface area contributed by atoms with Crippen molar-refractivity contribution in [2.45, 2.75) is 25.9 Å². The van der Waals surface area contributed by atoms with Gasteiger partial charge in [-0.15, -0.1) is 0 Å². The molecule has 3 heteroatoms. The molecule has 1 aromatic carbocycles. The Morgan fingerprint density at radius 1 is 1.33 bits per heavy atom. The van der Waals surface area contributed by atoms with Crippen LogP contribution in [0.3, 0.4) is 0 Å². The summed E-state index contributed by atoms with van der Waals surface area (Å²) in [6.45, 7) is 6.74. The van der Waals surface area contributed by atoms with E-state index in [-0.39, 0.29) is 6.61 Å². The van der Waals surface area contributed by atoms with Crippen molar-refractivity contribution in [3.8, 4) is 0 Å². The molecule has 2 N–H and O–H groups in total. The summed E-state index contributed by atoms with van der Waals surface area (Å²) in [7, 11) is 0. The van der Waals surface area contributed by atoms with Gasteiger partial charge in [0.15, 0.2) is 0 Å². The number of rotatable bonds is 7. The summed E-state index contributed by atoms with van der Waals surface area (Å²) < 4.78 is 0. The highest BCUT2D eigenvalue weighted by molar-refractivity contribution is 5.15. The van der Waals surface area contributed by atoms with Gasteiger partial charge in [-0.05, 0) is 24.4 Å². The van der Waals surface area contributed by atoms with Crippen LogP contribution in [0.5, 0.6) is 0 Å². The van der Waals surface area contributed by atoms with E-state index in [0.717, 1.165) is 32.6 Å². The fourth-order valence-electron chi connectivity index (χ4n) is 2.74. The summed E-state index contributed by atoms with van der Waals surface area (Å²) in [6, 6.07) is 11.1. The number of nitrogens with one attached hydrogen (secondary N) is 1. The average molecular weight is 248 g/mol. The van der Waals surface area contributed by atoms with Gasteiger partial charge in [0.05, 0.1) is 0 Å². The summed E-state index contributed by atoms with van der Waals surface area (Å²) in [6.07, 6.45) is 0.873. The minimum Gasteiger partial charge on any atom is -0.396 e. The fraction of sp³-hybridized carbons (Fsp3) is 0.600. The molecule has 1 aliphatic heterocycles. The molecule has 0 bridgehead atoms. The summed E-state index contributed by atoms with van der Waals surface area (Å²) >= 11 is 0. The molecule has 2 rings (SSSR count). The molecule has 100 valence electrons. The molecule has 0 amide bonds. The van der Waals surface area contributed by atoms with Crippen LogP contribution in [-0.2, 0) is 6.54 Å². The molecule has 18 heavy (non-hydrogen) atoms. The Morgan fingerprint density at radius 2 is 2.06 bits per heavy atom. The first-order chi connectivity index (χ1) is 8.83. The second-order valence-electron chi connectivity index (χ2n) is 5.12. The minimum absolute atomic E-state index is 0.285. The first-order valence-corrected chi connectivity index (χ1v) is 6.94. The predicted molar refractivity (Wildman–Crippen MR) is 74.4 cm³/mol. The van der Waals surface area contributed by atoms with Crippen molar-refractivity contribution < 1.29 is 5.11 Å². The molecule has 1 saturated heterocycles. The maximum Gasteiger partial charge on any atom is 0.0445 e. The van der Waals surface area contributed by atoms with Crippen molar-refractivity contribution in [2.75, 3.05) is 26.2 Å². The molecule has 0 saturated carbocycles. The molecular formula is C15H24N2O. The van der Waals surface area contributed by atoms with Crippen LogP contribution >= 0.6 is 0 Å². The van der Waals surface area contributed by atoms with Gasteiger partial charge in [-0.25, -0.2) is 0 Å². The molecule has 0 aromatic heterocycles. The fourth-order valence-corrected chi connectivity index (χ4v) is 2.74. The molecule has 1 atom stereocenters. The van der Waals surface area contributed by atoms with Gasteiger partial charge in [0.25, 0.3) is 0 Å². The van der Waals surface area contributed by atoms with Crippen molar-refractivity contribution in [3.63, 3.8) is 0 Å². The normalized spacial score (nSPS) is 18.6. The van der Waals surface area contributed by atoms with Gasteiger partial charge in [0, 0.05) is 32.3 Å². The van der Waals surface area contributed by atoms with E-state index in [9.17, 15) is 0 Å². The maximum absolute atomic E-state index is 9.08. The maximum atomic E-state index is 9.08. The van der Waals surface area contributed by atoms with Crippen LogP contribution in [0.25, 0.3) is 0 Å². The second kappa shape index (κ2) is 6.88. The standard InChI is InChI=1S/C15H24N2O/c1-2-16-15(8-9-18)14-11-17(12-14)10-13-6-4-3-5-7-13/h3-7,14-16,18H,2,8-12H2,1H3/t15-/m0/s1. The third kappa shape index (κ3) is 3.55. The molecule has 1 heterocycles. The molecule has 1 aliphatic rings. The number of aliphatic hydroxyl groups is 1. The van der Waals surface area contributed by atoms with Gasteiger partial charge >= 0.3 is 0 Å². The van der Waals surface area contributed by atoms with Crippen LogP contribution in [0.15, 0.2) is 30.3 Å². The lowest BCUT2D eigenvalue weighted by Crippen LogP contribution is -2.55. The second-order valence-corrected chi connectivity index (χ2v) is 5.12. The first kappa shape index (κ1) is 13.5. The Morgan fingerprint density at radius 3 is 2.67 bits per heavy atom. The highest BCUT2D eigenvalue weighted by Crippen LogP contribution is 2.23. The topological polar surface area (TPSA) is 35.5 Å². The van der Waals surface area contributed by atoms with Gasteiger partial charge < -0.3 is 10.4 Å².